The number of amides is 1. The molecule has 23 heavy (non-hydrogen) atoms. The number of carbonyl (C=O) groups excluding carboxylic acids is 1. The lowest BCUT2D eigenvalue weighted by atomic mass is 9.81. The average molecular weight is 316 g/mol. The molecule has 1 amide bonds. The minimum atomic E-state index is -0.0433. The number of benzene rings is 1. The molecule has 2 heterocycles. The fourth-order valence-corrected chi connectivity index (χ4v) is 3.03. The summed E-state index contributed by atoms with van der Waals surface area (Å²) in [5, 5.41) is 6.43. The number of rotatable bonds is 4. The van der Waals surface area contributed by atoms with Crippen molar-refractivity contribution in [1.82, 2.24) is 10.6 Å². The Hall–Kier alpha value is -2.01. The summed E-state index contributed by atoms with van der Waals surface area (Å²) >= 11 is 0. The Bertz CT molecular complexity index is 619. The van der Waals surface area contributed by atoms with Gasteiger partial charge in [-0.15, -0.1) is 0 Å². The van der Waals surface area contributed by atoms with Crippen molar-refractivity contribution in [3.63, 3.8) is 0 Å². The molecule has 2 aliphatic rings. The average Bonchev–Trinajstić information content (AvgIpc) is 2.59. The number of fused-ring (bicyclic) bond motifs is 1. The van der Waals surface area contributed by atoms with Crippen LogP contribution in [0, 0.1) is 5.41 Å². The monoisotopic (exact) mass is 316 g/mol. The van der Waals surface area contributed by atoms with Crippen LogP contribution in [-0.4, -0.2) is 39.3 Å². The first-order chi connectivity index (χ1) is 11.1. The summed E-state index contributed by atoms with van der Waals surface area (Å²) in [6.07, 6.45) is 4.06. The summed E-state index contributed by atoms with van der Waals surface area (Å²) in [7, 11) is 1.63. The van der Waals surface area contributed by atoms with E-state index in [4.69, 9.17) is 9.47 Å². The van der Waals surface area contributed by atoms with Crippen molar-refractivity contribution in [1.29, 1.82) is 0 Å². The van der Waals surface area contributed by atoms with Gasteiger partial charge in [-0.3, -0.25) is 4.79 Å². The maximum atomic E-state index is 12.4. The zero-order valence-corrected chi connectivity index (χ0v) is 13.8. The van der Waals surface area contributed by atoms with Gasteiger partial charge in [0.15, 0.2) is 0 Å². The molecule has 0 aliphatic carbocycles. The lowest BCUT2D eigenvalue weighted by Crippen LogP contribution is -2.43. The third-order valence-corrected chi connectivity index (χ3v) is 4.71. The number of piperidine rings is 1. The molecule has 1 aromatic carbocycles. The SMILES string of the molecule is COc1ccc2c(c1)C=C(C(=O)NCC1(C)CCNCC1)CO2. The van der Waals surface area contributed by atoms with Crippen molar-refractivity contribution in [3.05, 3.63) is 29.3 Å². The molecule has 1 aromatic rings. The van der Waals surface area contributed by atoms with Gasteiger partial charge in [-0.05, 0) is 55.6 Å². The highest BCUT2D eigenvalue weighted by molar-refractivity contribution is 5.99. The summed E-state index contributed by atoms with van der Waals surface area (Å²) in [5.74, 6) is 1.50. The van der Waals surface area contributed by atoms with Gasteiger partial charge in [0, 0.05) is 12.1 Å². The van der Waals surface area contributed by atoms with Crippen LogP contribution in [0.3, 0.4) is 0 Å². The van der Waals surface area contributed by atoms with E-state index in [2.05, 4.69) is 17.6 Å². The Morgan fingerprint density at radius 1 is 1.39 bits per heavy atom. The van der Waals surface area contributed by atoms with E-state index in [0.29, 0.717) is 18.7 Å². The van der Waals surface area contributed by atoms with E-state index in [9.17, 15) is 4.79 Å². The topological polar surface area (TPSA) is 59.6 Å². The molecule has 0 bridgehead atoms. The second-order valence-electron chi connectivity index (χ2n) is 6.61. The molecule has 5 nitrogen and oxygen atoms in total. The van der Waals surface area contributed by atoms with Crippen LogP contribution in [0.25, 0.3) is 6.08 Å². The van der Waals surface area contributed by atoms with Gasteiger partial charge in [0.1, 0.15) is 18.1 Å². The lowest BCUT2D eigenvalue weighted by Gasteiger charge is -2.34. The van der Waals surface area contributed by atoms with E-state index in [1.807, 2.05) is 24.3 Å². The smallest absolute Gasteiger partial charge is 0.250 e. The first-order valence-electron chi connectivity index (χ1n) is 8.10. The van der Waals surface area contributed by atoms with E-state index in [-0.39, 0.29) is 11.3 Å². The lowest BCUT2D eigenvalue weighted by molar-refractivity contribution is -0.118. The minimum absolute atomic E-state index is 0.0433. The minimum Gasteiger partial charge on any atom is -0.497 e. The fourth-order valence-electron chi connectivity index (χ4n) is 3.03. The molecule has 0 atom stereocenters. The highest BCUT2D eigenvalue weighted by Crippen LogP contribution is 2.30. The van der Waals surface area contributed by atoms with Crippen LogP contribution < -0.4 is 20.1 Å². The van der Waals surface area contributed by atoms with Gasteiger partial charge < -0.3 is 20.1 Å². The van der Waals surface area contributed by atoms with Crippen molar-refractivity contribution >= 4 is 12.0 Å². The molecule has 1 fully saturated rings. The summed E-state index contributed by atoms with van der Waals surface area (Å²) in [6, 6.07) is 5.61. The Balaban J connectivity index is 1.66. The molecule has 3 rings (SSSR count). The molecule has 0 aromatic heterocycles. The van der Waals surface area contributed by atoms with E-state index >= 15 is 0 Å². The zero-order chi connectivity index (χ0) is 16.3. The summed E-state index contributed by atoms with van der Waals surface area (Å²) in [5.41, 5.74) is 1.72. The van der Waals surface area contributed by atoms with E-state index in [0.717, 1.165) is 43.0 Å². The van der Waals surface area contributed by atoms with E-state index in [1.54, 1.807) is 7.11 Å². The molecule has 0 spiro atoms. The van der Waals surface area contributed by atoms with Crippen LogP contribution in [0.4, 0.5) is 0 Å². The van der Waals surface area contributed by atoms with E-state index < -0.39 is 0 Å². The first kappa shape index (κ1) is 15.9. The number of nitrogens with one attached hydrogen (secondary N) is 2. The van der Waals surface area contributed by atoms with Crippen molar-refractivity contribution in [2.75, 3.05) is 33.4 Å². The molecule has 5 heteroatoms. The number of ether oxygens (including phenoxy) is 2. The number of hydrogen-bond donors (Lipinski definition) is 2. The molecule has 0 radical (unpaired) electrons. The fraction of sp³-hybridized carbons (Fsp3) is 0.500. The van der Waals surface area contributed by atoms with Crippen molar-refractivity contribution in [2.24, 2.45) is 5.41 Å². The standard InChI is InChI=1S/C18H24N2O3/c1-18(5-7-19-8-6-18)12-20-17(21)14-9-13-10-15(22-2)3-4-16(13)23-11-14/h3-4,9-10,19H,5-8,11-12H2,1-2H3,(H,20,21). The maximum absolute atomic E-state index is 12.4. The van der Waals surface area contributed by atoms with Gasteiger partial charge in [-0.1, -0.05) is 6.92 Å². The molecule has 2 N–H and O–H groups in total. The predicted octanol–water partition coefficient (Wildman–Crippen LogP) is 1.98. The van der Waals surface area contributed by atoms with Gasteiger partial charge in [0.05, 0.1) is 12.7 Å². The molecule has 0 unspecified atom stereocenters. The highest BCUT2D eigenvalue weighted by Gasteiger charge is 2.28. The van der Waals surface area contributed by atoms with Gasteiger partial charge in [-0.25, -0.2) is 0 Å². The van der Waals surface area contributed by atoms with Crippen LogP contribution in [-0.2, 0) is 4.79 Å². The van der Waals surface area contributed by atoms with Crippen LogP contribution in [0.5, 0.6) is 11.5 Å². The second kappa shape index (κ2) is 6.62. The third-order valence-electron chi connectivity index (χ3n) is 4.71. The number of methoxy groups -OCH3 is 1. The van der Waals surface area contributed by atoms with Gasteiger partial charge >= 0.3 is 0 Å². The highest BCUT2D eigenvalue weighted by atomic mass is 16.5. The molecule has 2 aliphatic heterocycles. The normalized spacial score (nSPS) is 19.1. The maximum Gasteiger partial charge on any atom is 0.250 e. The predicted molar refractivity (Wildman–Crippen MR) is 89.7 cm³/mol. The van der Waals surface area contributed by atoms with Crippen LogP contribution in [0.2, 0.25) is 0 Å². The molecule has 1 saturated heterocycles. The van der Waals surface area contributed by atoms with Crippen molar-refractivity contribution in [2.45, 2.75) is 19.8 Å². The summed E-state index contributed by atoms with van der Waals surface area (Å²) in [4.78, 5) is 12.4. The third kappa shape index (κ3) is 3.67. The number of hydrogen-bond acceptors (Lipinski definition) is 4. The Morgan fingerprint density at radius 2 is 2.17 bits per heavy atom. The largest absolute Gasteiger partial charge is 0.497 e. The number of carbonyl (C=O) groups is 1. The Kier molecular flexibility index (Phi) is 4.57. The molecular formula is C18H24N2O3. The second-order valence-corrected chi connectivity index (χ2v) is 6.61. The zero-order valence-electron chi connectivity index (χ0n) is 13.8. The summed E-state index contributed by atoms with van der Waals surface area (Å²) < 4.78 is 10.9. The molecule has 0 saturated carbocycles. The van der Waals surface area contributed by atoms with Crippen LogP contribution in [0.15, 0.2) is 23.8 Å². The quantitative estimate of drug-likeness (QED) is 0.892. The van der Waals surface area contributed by atoms with Crippen molar-refractivity contribution < 1.29 is 14.3 Å². The van der Waals surface area contributed by atoms with Gasteiger partial charge in [0.2, 0.25) is 0 Å². The molecule has 124 valence electrons. The molecular weight excluding hydrogens is 292 g/mol. The van der Waals surface area contributed by atoms with Crippen LogP contribution >= 0.6 is 0 Å². The Morgan fingerprint density at radius 3 is 2.91 bits per heavy atom. The summed E-state index contributed by atoms with van der Waals surface area (Å²) in [6.45, 7) is 5.29. The van der Waals surface area contributed by atoms with E-state index in [1.165, 1.54) is 0 Å². The van der Waals surface area contributed by atoms with Gasteiger partial charge in [0.25, 0.3) is 5.91 Å². The Labute approximate surface area is 137 Å². The van der Waals surface area contributed by atoms with Crippen LogP contribution in [0.1, 0.15) is 25.3 Å². The first-order valence-corrected chi connectivity index (χ1v) is 8.10. The van der Waals surface area contributed by atoms with Crippen molar-refractivity contribution in [3.8, 4) is 11.5 Å². The van der Waals surface area contributed by atoms with Gasteiger partial charge in [-0.2, -0.15) is 0 Å².